The van der Waals surface area contributed by atoms with E-state index in [9.17, 15) is 19.8 Å². The Morgan fingerprint density at radius 3 is 1.82 bits per heavy atom. The van der Waals surface area contributed by atoms with E-state index in [1.807, 2.05) is 38.1 Å². The minimum absolute atomic E-state index is 0. The molecule has 0 fully saturated rings. The molecule has 3 aromatic heterocycles. The molecule has 0 radical (unpaired) electrons. The van der Waals surface area contributed by atoms with Crippen LogP contribution in [0.15, 0.2) is 36.4 Å². The van der Waals surface area contributed by atoms with Crippen LogP contribution in [0.5, 0.6) is 0 Å². The molecule has 0 spiro atoms. The molecule has 2 N–H and O–H groups in total. The summed E-state index contributed by atoms with van der Waals surface area (Å²) < 4.78 is 0. The van der Waals surface area contributed by atoms with Gasteiger partial charge in [-0.3, -0.25) is 4.79 Å². The van der Waals surface area contributed by atoms with Gasteiger partial charge in [0, 0.05) is 18.1 Å². The number of hydrogen-bond acceptors (Lipinski definition) is 6. The fourth-order valence-corrected chi connectivity index (χ4v) is 6.25. The molecule has 0 aromatic carbocycles. The summed E-state index contributed by atoms with van der Waals surface area (Å²) in [5, 5.41) is 18.9. The maximum absolute atomic E-state index is 11.6. The number of thiol groups is 2. The smallest absolute Gasteiger partial charge is 0.657 e. The van der Waals surface area contributed by atoms with Gasteiger partial charge in [-0.05, 0) is 81.3 Å². The molecule has 2 aliphatic rings. The number of aromatic nitrogens is 4. The van der Waals surface area contributed by atoms with Gasteiger partial charge in [-0.2, -0.15) is 25.3 Å². The molecule has 0 aliphatic carbocycles. The fraction of sp³-hybridized carbons (Fsp3) is 0.294. The van der Waals surface area contributed by atoms with Gasteiger partial charge in [0.2, 0.25) is 0 Å². The average molecular weight is 683 g/mol. The van der Waals surface area contributed by atoms with Gasteiger partial charge in [0.25, 0.3) is 0 Å². The van der Waals surface area contributed by atoms with E-state index in [1.165, 1.54) is 0 Å². The normalized spacial score (nSPS) is 13.1. The number of rotatable bonds is 9. The minimum atomic E-state index is -1.07. The number of carbonyl (C=O) groups is 2. The van der Waals surface area contributed by atoms with Gasteiger partial charge in [-0.1, -0.05) is 46.5 Å². The van der Waals surface area contributed by atoms with E-state index in [0.717, 1.165) is 73.9 Å². The second kappa shape index (κ2) is 14.3. The van der Waals surface area contributed by atoms with Crippen molar-refractivity contribution < 1.29 is 36.9 Å². The molecule has 0 saturated heterocycles. The summed E-state index contributed by atoms with van der Waals surface area (Å²) in [7, 11) is 0. The van der Waals surface area contributed by atoms with Gasteiger partial charge in [-0.25, -0.2) is 14.8 Å². The van der Waals surface area contributed by atoms with Crippen molar-refractivity contribution in [2.24, 2.45) is 0 Å². The van der Waals surface area contributed by atoms with Crippen LogP contribution in [0.4, 0.5) is 0 Å². The van der Waals surface area contributed by atoms with Crippen LogP contribution in [0, 0.1) is 13.8 Å². The van der Waals surface area contributed by atoms with Gasteiger partial charge >= 0.3 is 29.0 Å². The van der Waals surface area contributed by atoms with Gasteiger partial charge in [0.05, 0.1) is 22.8 Å². The van der Waals surface area contributed by atoms with E-state index in [2.05, 4.69) is 39.1 Å². The largest absolute Gasteiger partial charge is 2.00 e. The summed E-state index contributed by atoms with van der Waals surface area (Å²) in [4.78, 5) is 43.0. The van der Waals surface area contributed by atoms with Crippen molar-refractivity contribution in [3.05, 3.63) is 81.4 Å². The van der Waals surface area contributed by atoms with Gasteiger partial charge < -0.3 is 20.2 Å². The van der Waals surface area contributed by atoms with Crippen molar-refractivity contribution in [1.29, 1.82) is 0 Å². The number of hydrogen-bond donors (Lipinski definition) is 4. The van der Waals surface area contributed by atoms with E-state index in [0.29, 0.717) is 45.9 Å². The molecule has 0 unspecified atom stereocenters. The number of nitrogens with zero attached hydrogens (tertiary/aromatic N) is 4. The van der Waals surface area contributed by atoms with Crippen molar-refractivity contribution in [1.82, 2.24) is 19.9 Å². The van der Waals surface area contributed by atoms with E-state index >= 15 is 0 Å². The van der Waals surface area contributed by atoms with E-state index in [4.69, 9.17) is 19.9 Å². The first kappa shape index (κ1) is 34.4. The van der Waals surface area contributed by atoms with E-state index in [-0.39, 0.29) is 29.9 Å². The molecule has 5 heterocycles. The average Bonchev–Trinajstić information content (AvgIpc) is 3.62. The van der Waals surface area contributed by atoms with Crippen LogP contribution in [-0.4, -0.2) is 43.6 Å². The Hall–Kier alpha value is -3.50. The Balaban J connectivity index is 0.00000461. The summed E-state index contributed by atoms with van der Waals surface area (Å²) >= 11 is 9.02. The van der Waals surface area contributed by atoms with Gasteiger partial charge in [-0.15, -0.1) is 22.1 Å². The zero-order chi connectivity index (χ0) is 31.7. The molecule has 5 rings (SSSR count). The summed E-state index contributed by atoms with van der Waals surface area (Å²) in [5.41, 5.74) is 13.2. The monoisotopic (exact) mass is 682 g/mol. The second-order valence-electron chi connectivity index (χ2n) is 11.0. The molecule has 45 heavy (non-hydrogen) atoms. The second-order valence-corrected chi connectivity index (χ2v) is 11.9. The predicted octanol–water partition coefficient (Wildman–Crippen LogP) is 6.50. The Morgan fingerprint density at radius 1 is 0.733 bits per heavy atom. The number of carboxylic acids is 2. The number of aryl methyl sites for hydroxylation is 4. The maximum Gasteiger partial charge on any atom is 2.00 e. The quantitative estimate of drug-likeness (QED) is 0.115. The van der Waals surface area contributed by atoms with Crippen LogP contribution in [0.25, 0.3) is 44.4 Å². The molecule has 0 atom stereocenters. The van der Waals surface area contributed by atoms with Gasteiger partial charge in [0.1, 0.15) is 0 Å². The number of carboxylic acid groups (broad SMARTS) is 2. The Kier molecular flexibility index (Phi) is 10.9. The van der Waals surface area contributed by atoms with Crippen molar-refractivity contribution in [3.8, 4) is 0 Å². The first-order chi connectivity index (χ1) is 21.0. The predicted molar refractivity (Wildman–Crippen MR) is 182 cm³/mol. The summed E-state index contributed by atoms with van der Waals surface area (Å²) in [6, 6.07) is 7.75. The standard InChI is InChI=1S/C34H36N4O4S2.Fe/c1-17-21(5-7-33(39)40)31-16-32-22(6-8-34(41)42)18(2)27(38-32)14-30-24(10-12-44)20(4)28(37-30)15-29-23(9-11-43)19(3)26(35-29)13-25(17)36-31;/h6,8,13-16H,5,7,9-12H2,1-4H3,(H6,35,36,37,38,39,40,41,42,43,44);/q;+2/p-2/b8-6+,25-13?,26-13?,27-14?,28-15?,29-15?,30-14?,31-16?,32-16?;. The van der Waals surface area contributed by atoms with Crippen molar-refractivity contribution in [2.45, 2.75) is 53.4 Å². The number of fused-ring (bicyclic) bond motifs is 8. The molecule has 8 bridgehead atoms. The van der Waals surface area contributed by atoms with Crippen LogP contribution in [0.2, 0.25) is 0 Å². The van der Waals surface area contributed by atoms with Crippen LogP contribution < -0.4 is 9.97 Å². The van der Waals surface area contributed by atoms with Crippen LogP contribution >= 0.6 is 25.3 Å². The molecule has 2 aliphatic heterocycles. The first-order valence-corrected chi connectivity index (χ1v) is 15.7. The fourth-order valence-electron chi connectivity index (χ4n) is 5.80. The molecule has 8 nitrogen and oxygen atoms in total. The van der Waals surface area contributed by atoms with E-state index < -0.39 is 11.9 Å². The van der Waals surface area contributed by atoms with E-state index in [1.54, 1.807) is 6.08 Å². The minimum Gasteiger partial charge on any atom is -0.657 e. The third-order valence-electron chi connectivity index (χ3n) is 8.26. The van der Waals surface area contributed by atoms with Crippen molar-refractivity contribution >= 4 is 81.6 Å². The molecule has 11 heteroatoms. The van der Waals surface area contributed by atoms with Crippen molar-refractivity contribution in [2.75, 3.05) is 11.5 Å². The molecular formula is C34H34FeN4O4S2. The molecule has 0 saturated carbocycles. The Bertz CT molecular complexity index is 1950. The van der Waals surface area contributed by atoms with Crippen LogP contribution in [0.3, 0.4) is 0 Å². The topological polar surface area (TPSA) is 129 Å². The zero-order valence-corrected chi connectivity index (χ0v) is 28.3. The molecular weight excluding hydrogens is 648 g/mol. The van der Waals surface area contributed by atoms with Crippen molar-refractivity contribution in [3.63, 3.8) is 0 Å². The Labute approximate surface area is 283 Å². The molecule has 3 aromatic rings. The summed E-state index contributed by atoms with van der Waals surface area (Å²) in [6.45, 7) is 7.96. The summed E-state index contributed by atoms with van der Waals surface area (Å²) in [6.07, 6.45) is 4.33. The molecule has 234 valence electrons. The zero-order valence-electron chi connectivity index (χ0n) is 25.5. The summed E-state index contributed by atoms with van der Waals surface area (Å²) in [5.74, 6) is -0.657. The third kappa shape index (κ3) is 7.02. The SMILES string of the molecule is CC1=C(/C=C/C(=O)O)c2cc3[n-]c(cc4nc(cc5[n-]c(cc1n2)c(CCS)c5C)C(CCS)=C4C)c(C)c3CCC(=O)O.[Fe+2]. The Morgan fingerprint density at radius 2 is 1.24 bits per heavy atom. The number of allylic oxidation sites excluding steroid dienone is 5. The number of aliphatic carboxylic acids is 2. The van der Waals surface area contributed by atoms with Gasteiger partial charge in [0.15, 0.2) is 0 Å². The maximum atomic E-state index is 11.6. The molecule has 0 amide bonds. The van der Waals surface area contributed by atoms with Crippen LogP contribution in [0.1, 0.15) is 71.7 Å². The van der Waals surface area contributed by atoms with Crippen LogP contribution in [-0.2, 0) is 39.5 Å². The first-order valence-electron chi connectivity index (χ1n) is 14.4. The third-order valence-corrected chi connectivity index (χ3v) is 8.71.